The van der Waals surface area contributed by atoms with Crippen LogP contribution in [0.4, 0.5) is 0 Å². The smallest absolute Gasteiger partial charge is 0.0806 e. The van der Waals surface area contributed by atoms with Crippen LogP contribution in [0.25, 0.3) is 0 Å². The van der Waals surface area contributed by atoms with Gasteiger partial charge in [0.2, 0.25) is 0 Å². The number of hydrogen-bond donors (Lipinski definition) is 1. The van der Waals surface area contributed by atoms with Crippen LogP contribution in [0.3, 0.4) is 0 Å². The summed E-state index contributed by atoms with van der Waals surface area (Å²) in [6.07, 6.45) is 8.93. The van der Waals surface area contributed by atoms with Crippen molar-refractivity contribution >= 4 is 0 Å². The second kappa shape index (κ2) is 12.8. The zero-order valence-electron chi connectivity index (χ0n) is 12.1. The molecule has 0 heterocycles. The average molecular weight is 310 g/mol. The van der Waals surface area contributed by atoms with Crippen LogP contribution in [-0.4, -0.2) is 42.9 Å². The van der Waals surface area contributed by atoms with Gasteiger partial charge in [0.25, 0.3) is 0 Å². The van der Waals surface area contributed by atoms with Crippen molar-refractivity contribution < 1.29 is 26.6 Å². The highest BCUT2D eigenvalue weighted by molar-refractivity contribution is 4.46. The molecule has 0 spiro atoms. The fourth-order valence-electron chi connectivity index (χ4n) is 2.27. The van der Waals surface area contributed by atoms with E-state index in [0.717, 1.165) is 13.0 Å². The predicted molar refractivity (Wildman–Crippen MR) is 71.5 cm³/mol. The van der Waals surface area contributed by atoms with Gasteiger partial charge in [-0.15, -0.1) is 0 Å². The highest BCUT2D eigenvalue weighted by Crippen LogP contribution is 2.11. The highest BCUT2D eigenvalue weighted by atomic mass is 79.9. The third-order valence-corrected chi connectivity index (χ3v) is 3.46. The van der Waals surface area contributed by atoms with Gasteiger partial charge in [-0.3, -0.25) is 0 Å². The van der Waals surface area contributed by atoms with Crippen molar-refractivity contribution in [3.63, 3.8) is 0 Å². The largest absolute Gasteiger partial charge is 1.00 e. The third-order valence-electron chi connectivity index (χ3n) is 3.46. The maximum Gasteiger partial charge on any atom is 0.0806 e. The number of aliphatic hydroxyl groups is 1. The molecule has 0 aromatic heterocycles. The van der Waals surface area contributed by atoms with Crippen molar-refractivity contribution in [2.45, 2.75) is 58.8 Å². The lowest BCUT2D eigenvalue weighted by atomic mass is 10.1. The first-order chi connectivity index (χ1) is 7.68. The van der Waals surface area contributed by atoms with Crippen LogP contribution in [0.2, 0.25) is 0 Å². The Morgan fingerprint density at radius 3 is 1.53 bits per heavy atom. The van der Waals surface area contributed by atoms with Crippen LogP contribution >= 0.6 is 0 Å². The monoisotopic (exact) mass is 309 g/mol. The molecule has 0 saturated heterocycles. The van der Waals surface area contributed by atoms with Crippen molar-refractivity contribution in [1.29, 1.82) is 0 Å². The van der Waals surface area contributed by atoms with E-state index in [9.17, 15) is 0 Å². The molecule has 2 nitrogen and oxygen atoms in total. The van der Waals surface area contributed by atoms with Gasteiger partial charge in [0.15, 0.2) is 0 Å². The molecule has 0 aliphatic heterocycles. The summed E-state index contributed by atoms with van der Waals surface area (Å²) in [5, 5.41) is 8.96. The van der Waals surface area contributed by atoms with E-state index in [1.54, 1.807) is 0 Å². The first-order valence-corrected chi connectivity index (χ1v) is 7.13. The molecule has 0 atom stereocenters. The number of nitrogens with zero attached hydrogens (tertiary/aromatic N) is 1. The minimum Gasteiger partial charge on any atom is -1.00 e. The number of halogens is 1. The lowest BCUT2D eigenvalue weighted by molar-refractivity contribution is -0.910. The Morgan fingerprint density at radius 2 is 1.18 bits per heavy atom. The summed E-state index contributed by atoms with van der Waals surface area (Å²) < 4.78 is 1.17. The van der Waals surface area contributed by atoms with Gasteiger partial charge in [-0.05, 0) is 25.7 Å². The van der Waals surface area contributed by atoms with Crippen molar-refractivity contribution in [2.24, 2.45) is 0 Å². The predicted octanol–water partition coefficient (Wildman–Crippen LogP) is 0.200. The van der Waals surface area contributed by atoms with E-state index in [1.807, 2.05) is 0 Å². The van der Waals surface area contributed by atoms with Gasteiger partial charge in [0, 0.05) is 13.0 Å². The molecular weight excluding hydrogens is 278 g/mol. The van der Waals surface area contributed by atoms with Gasteiger partial charge < -0.3 is 26.6 Å². The minimum atomic E-state index is 0. The van der Waals surface area contributed by atoms with Crippen LogP contribution in [0.1, 0.15) is 58.8 Å². The molecule has 0 aromatic carbocycles. The van der Waals surface area contributed by atoms with Crippen molar-refractivity contribution in [3.05, 3.63) is 0 Å². The Labute approximate surface area is 119 Å². The lowest BCUT2D eigenvalue weighted by Gasteiger charge is -2.34. The van der Waals surface area contributed by atoms with Crippen molar-refractivity contribution in [3.8, 4) is 0 Å². The Hall–Kier alpha value is 0.400. The molecule has 0 aromatic rings. The van der Waals surface area contributed by atoms with Gasteiger partial charge in [0.1, 0.15) is 0 Å². The number of hydrogen-bond acceptors (Lipinski definition) is 1. The molecule has 0 radical (unpaired) electrons. The Bertz CT molecular complexity index is 143. The van der Waals surface area contributed by atoms with Gasteiger partial charge >= 0.3 is 0 Å². The van der Waals surface area contributed by atoms with Crippen molar-refractivity contribution in [1.82, 2.24) is 0 Å². The lowest BCUT2D eigenvalue weighted by Crippen LogP contribution is -3.00. The molecule has 0 aliphatic rings. The zero-order chi connectivity index (χ0) is 12.3. The molecule has 17 heavy (non-hydrogen) atoms. The fourth-order valence-corrected chi connectivity index (χ4v) is 2.27. The Kier molecular flexibility index (Phi) is 14.9. The van der Waals surface area contributed by atoms with E-state index in [2.05, 4.69) is 20.9 Å². The SMILES string of the molecule is CCCCC[N+](C)(CCCO)CCCCC.[Br-]. The van der Waals surface area contributed by atoms with Gasteiger partial charge in [-0.1, -0.05) is 26.7 Å². The number of quaternary nitrogens is 1. The molecule has 0 rings (SSSR count). The molecule has 3 heteroatoms. The molecule has 0 aliphatic carbocycles. The minimum absolute atomic E-state index is 0. The van der Waals surface area contributed by atoms with E-state index >= 15 is 0 Å². The van der Waals surface area contributed by atoms with Gasteiger partial charge in [-0.25, -0.2) is 0 Å². The average Bonchev–Trinajstić information content (AvgIpc) is 2.27. The van der Waals surface area contributed by atoms with E-state index < -0.39 is 0 Å². The normalized spacial score (nSPS) is 11.3. The summed E-state index contributed by atoms with van der Waals surface area (Å²) in [6, 6.07) is 0. The fraction of sp³-hybridized carbons (Fsp3) is 1.00. The van der Waals surface area contributed by atoms with Gasteiger partial charge in [-0.2, -0.15) is 0 Å². The zero-order valence-corrected chi connectivity index (χ0v) is 13.6. The standard InChI is InChI=1S/C14H32NO.BrH/c1-4-6-8-11-15(3,13-10-14-16)12-9-7-5-2;/h16H,4-14H2,1-3H3;1H/q+1;/p-1. The topological polar surface area (TPSA) is 20.2 Å². The summed E-state index contributed by atoms with van der Waals surface area (Å²) >= 11 is 0. The van der Waals surface area contributed by atoms with E-state index in [0.29, 0.717) is 6.61 Å². The molecule has 0 fully saturated rings. The number of aliphatic hydroxyl groups excluding tert-OH is 1. The quantitative estimate of drug-likeness (QED) is 0.427. The second-order valence-corrected chi connectivity index (χ2v) is 5.28. The first kappa shape index (κ1) is 19.7. The van der Waals surface area contributed by atoms with E-state index in [4.69, 9.17) is 5.11 Å². The highest BCUT2D eigenvalue weighted by Gasteiger charge is 2.19. The molecule has 0 bridgehead atoms. The number of rotatable bonds is 11. The molecule has 0 saturated carbocycles. The summed E-state index contributed by atoms with van der Waals surface area (Å²) in [6.45, 7) is 8.58. The summed E-state index contributed by atoms with van der Waals surface area (Å²) in [4.78, 5) is 0. The Morgan fingerprint density at radius 1 is 0.765 bits per heavy atom. The number of unbranched alkanes of at least 4 members (excludes halogenated alkanes) is 4. The van der Waals surface area contributed by atoms with Crippen LogP contribution in [0.5, 0.6) is 0 Å². The third kappa shape index (κ3) is 11.2. The van der Waals surface area contributed by atoms with Gasteiger partial charge in [0.05, 0.1) is 26.7 Å². The summed E-state index contributed by atoms with van der Waals surface area (Å²) in [7, 11) is 2.36. The van der Waals surface area contributed by atoms with E-state index in [-0.39, 0.29) is 17.0 Å². The Balaban J connectivity index is 0. The maximum atomic E-state index is 8.96. The van der Waals surface area contributed by atoms with Crippen molar-refractivity contribution in [2.75, 3.05) is 33.3 Å². The van der Waals surface area contributed by atoms with Crippen LogP contribution in [0.15, 0.2) is 0 Å². The summed E-state index contributed by atoms with van der Waals surface area (Å²) in [5.74, 6) is 0. The van der Waals surface area contributed by atoms with Crippen LogP contribution in [0, 0.1) is 0 Å². The molecule has 0 amide bonds. The summed E-state index contributed by atoms with van der Waals surface area (Å²) in [5.41, 5.74) is 0. The molecule has 106 valence electrons. The molecule has 1 N–H and O–H groups in total. The van der Waals surface area contributed by atoms with E-state index in [1.165, 1.54) is 56.1 Å². The maximum absolute atomic E-state index is 8.96. The molecular formula is C14H32BrNO. The molecule has 0 unspecified atom stereocenters. The van der Waals surface area contributed by atoms with Crippen LogP contribution < -0.4 is 17.0 Å². The van der Waals surface area contributed by atoms with Crippen LogP contribution in [-0.2, 0) is 0 Å². The first-order valence-electron chi connectivity index (χ1n) is 7.13. The second-order valence-electron chi connectivity index (χ2n) is 5.28.